The van der Waals surface area contributed by atoms with Gasteiger partial charge in [-0.05, 0) is 20.9 Å². The standard InChI is InChI=1S/C12H21N3O2/c1-8-6-15(7-9(2)14(8)3)12(17)10-4-11(16)13-5-10/h8-10H,4-7H2,1-3H3,(H,13,16). The average molecular weight is 239 g/mol. The lowest BCUT2D eigenvalue weighted by molar-refractivity contribution is -0.139. The maximum absolute atomic E-state index is 12.3. The maximum Gasteiger partial charge on any atom is 0.228 e. The van der Waals surface area contributed by atoms with Crippen LogP contribution < -0.4 is 5.32 Å². The zero-order valence-electron chi connectivity index (χ0n) is 10.8. The zero-order valence-corrected chi connectivity index (χ0v) is 10.8. The van der Waals surface area contributed by atoms with Crippen LogP contribution in [0.1, 0.15) is 20.3 Å². The molecule has 2 heterocycles. The lowest BCUT2D eigenvalue weighted by Crippen LogP contribution is -2.57. The summed E-state index contributed by atoms with van der Waals surface area (Å²) in [7, 11) is 2.10. The van der Waals surface area contributed by atoms with Gasteiger partial charge in [0.1, 0.15) is 0 Å². The van der Waals surface area contributed by atoms with Crippen LogP contribution in [-0.4, -0.2) is 60.4 Å². The van der Waals surface area contributed by atoms with Crippen molar-refractivity contribution in [1.82, 2.24) is 15.1 Å². The number of piperazine rings is 1. The minimum Gasteiger partial charge on any atom is -0.355 e. The van der Waals surface area contributed by atoms with Crippen molar-refractivity contribution in [1.29, 1.82) is 0 Å². The fourth-order valence-electron chi connectivity index (χ4n) is 2.62. The van der Waals surface area contributed by atoms with E-state index in [1.165, 1.54) is 0 Å². The topological polar surface area (TPSA) is 52.7 Å². The van der Waals surface area contributed by atoms with Crippen LogP contribution in [0.25, 0.3) is 0 Å². The Bertz CT molecular complexity index is 320. The quantitative estimate of drug-likeness (QED) is 0.682. The molecule has 0 saturated carbocycles. The van der Waals surface area contributed by atoms with E-state index in [2.05, 4.69) is 31.1 Å². The van der Waals surface area contributed by atoms with Crippen LogP contribution in [0.2, 0.25) is 0 Å². The van der Waals surface area contributed by atoms with Gasteiger partial charge in [-0.25, -0.2) is 0 Å². The number of amides is 2. The summed E-state index contributed by atoms with van der Waals surface area (Å²) < 4.78 is 0. The van der Waals surface area contributed by atoms with Gasteiger partial charge in [0.2, 0.25) is 11.8 Å². The molecule has 2 amide bonds. The third-order valence-corrected chi connectivity index (χ3v) is 4.00. The van der Waals surface area contributed by atoms with Gasteiger partial charge in [-0.3, -0.25) is 14.5 Å². The van der Waals surface area contributed by atoms with Crippen LogP contribution in [0.5, 0.6) is 0 Å². The van der Waals surface area contributed by atoms with Gasteiger partial charge < -0.3 is 10.2 Å². The van der Waals surface area contributed by atoms with Gasteiger partial charge in [0.25, 0.3) is 0 Å². The summed E-state index contributed by atoms with van der Waals surface area (Å²) in [6, 6.07) is 0.764. The molecule has 5 heteroatoms. The van der Waals surface area contributed by atoms with Gasteiger partial charge in [0.05, 0.1) is 5.92 Å². The van der Waals surface area contributed by atoms with Crippen LogP contribution in [-0.2, 0) is 9.59 Å². The molecule has 0 aromatic heterocycles. The molecule has 96 valence electrons. The lowest BCUT2D eigenvalue weighted by Gasteiger charge is -2.43. The Hall–Kier alpha value is -1.10. The predicted octanol–water partition coefficient (Wildman–Crippen LogP) is -0.326. The monoisotopic (exact) mass is 239 g/mol. The van der Waals surface area contributed by atoms with E-state index in [0.29, 0.717) is 25.0 Å². The fourth-order valence-corrected chi connectivity index (χ4v) is 2.62. The number of nitrogens with zero attached hydrogens (tertiary/aromatic N) is 2. The smallest absolute Gasteiger partial charge is 0.228 e. The van der Waals surface area contributed by atoms with Gasteiger partial charge in [-0.1, -0.05) is 0 Å². The predicted molar refractivity (Wildman–Crippen MR) is 64.4 cm³/mol. The lowest BCUT2D eigenvalue weighted by atomic mass is 10.0. The van der Waals surface area contributed by atoms with Crippen molar-refractivity contribution in [3.63, 3.8) is 0 Å². The SMILES string of the molecule is CC1CN(C(=O)C2CNC(=O)C2)CC(C)N1C. The van der Waals surface area contributed by atoms with Crippen LogP contribution in [0.4, 0.5) is 0 Å². The van der Waals surface area contributed by atoms with Crippen molar-refractivity contribution in [3.05, 3.63) is 0 Å². The van der Waals surface area contributed by atoms with Crippen LogP contribution in [0.15, 0.2) is 0 Å². The van der Waals surface area contributed by atoms with Crippen LogP contribution in [0.3, 0.4) is 0 Å². The maximum atomic E-state index is 12.3. The second-order valence-corrected chi connectivity index (χ2v) is 5.31. The number of rotatable bonds is 1. The molecule has 3 atom stereocenters. The molecule has 0 aliphatic carbocycles. The minimum atomic E-state index is -0.148. The molecule has 2 aliphatic heterocycles. The van der Waals surface area contributed by atoms with Gasteiger partial charge in [0, 0.05) is 38.1 Å². The van der Waals surface area contributed by atoms with E-state index >= 15 is 0 Å². The largest absolute Gasteiger partial charge is 0.355 e. The first-order valence-corrected chi connectivity index (χ1v) is 6.26. The van der Waals surface area contributed by atoms with E-state index in [0.717, 1.165) is 13.1 Å². The molecule has 0 aromatic carbocycles. The molecule has 2 aliphatic rings. The van der Waals surface area contributed by atoms with Crippen molar-refractivity contribution in [2.75, 3.05) is 26.7 Å². The summed E-state index contributed by atoms with van der Waals surface area (Å²) in [4.78, 5) is 27.6. The molecule has 17 heavy (non-hydrogen) atoms. The first kappa shape index (κ1) is 12.4. The Morgan fingerprint density at radius 1 is 1.29 bits per heavy atom. The highest BCUT2D eigenvalue weighted by Gasteiger charge is 2.35. The normalized spacial score (nSPS) is 34.9. The van der Waals surface area contributed by atoms with E-state index in [4.69, 9.17) is 0 Å². The molecule has 2 rings (SSSR count). The van der Waals surface area contributed by atoms with Gasteiger partial charge in [-0.2, -0.15) is 0 Å². The molecular formula is C12H21N3O2. The zero-order chi connectivity index (χ0) is 12.6. The fraction of sp³-hybridized carbons (Fsp3) is 0.833. The summed E-state index contributed by atoms with van der Waals surface area (Å²) in [5.74, 6) is -0.0148. The van der Waals surface area contributed by atoms with Crippen molar-refractivity contribution in [2.45, 2.75) is 32.4 Å². The third-order valence-electron chi connectivity index (χ3n) is 4.00. The second kappa shape index (κ2) is 4.64. The molecule has 5 nitrogen and oxygen atoms in total. The van der Waals surface area contributed by atoms with Gasteiger partial charge in [-0.15, -0.1) is 0 Å². The highest BCUT2D eigenvalue weighted by molar-refractivity contribution is 5.89. The summed E-state index contributed by atoms with van der Waals surface area (Å²) >= 11 is 0. The molecule has 1 N–H and O–H groups in total. The minimum absolute atomic E-state index is 0.00132. The van der Waals surface area contributed by atoms with Crippen molar-refractivity contribution >= 4 is 11.8 Å². The number of nitrogens with one attached hydrogen (secondary N) is 1. The Morgan fingerprint density at radius 2 is 1.88 bits per heavy atom. The van der Waals surface area contributed by atoms with E-state index < -0.39 is 0 Å². The van der Waals surface area contributed by atoms with E-state index in [1.54, 1.807) is 0 Å². The molecule has 0 spiro atoms. The Balaban J connectivity index is 1.98. The van der Waals surface area contributed by atoms with Gasteiger partial charge in [0.15, 0.2) is 0 Å². The molecule has 0 aromatic rings. The molecule has 2 saturated heterocycles. The van der Waals surface area contributed by atoms with Crippen molar-refractivity contribution in [2.24, 2.45) is 5.92 Å². The summed E-state index contributed by atoms with van der Waals surface area (Å²) in [6.07, 6.45) is 0.355. The Labute approximate surface area is 102 Å². The summed E-state index contributed by atoms with van der Waals surface area (Å²) in [5.41, 5.74) is 0. The van der Waals surface area contributed by atoms with E-state index in [9.17, 15) is 9.59 Å². The number of hydrogen-bond donors (Lipinski definition) is 1. The molecular weight excluding hydrogens is 218 g/mol. The van der Waals surface area contributed by atoms with Crippen molar-refractivity contribution in [3.8, 4) is 0 Å². The second-order valence-electron chi connectivity index (χ2n) is 5.31. The molecule has 0 bridgehead atoms. The third kappa shape index (κ3) is 2.44. The summed E-state index contributed by atoms with van der Waals surface area (Å²) in [6.45, 7) is 6.31. The van der Waals surface area contributed by atoms with Crippen LogP contribution in [0, 0.1) is 5.92 Å². The molecule has 2 fully saturated rings. The first-order chi connectivity index (χ1) is 7.99. The highest BCUT2D eigenvalue weighted by Crippen LogP contribution is 2.18. The van der Waals surface area contributed by atoms with Gasteiger partial charge >= 0.3 is 0 Å². The van der Waals surface area contributed by atoms with Crippen molar-refractivity contribution < 1.29 is 9.59 Å². The highest BCUT2D eigenvalue weighted by atomic mass is 16.2. The number of hydrogen-bond acceptors (Lipinski definition) is 3. The van der Waals surface area contributed by atoms with E-state index in [-0.39, 0.29) is 17.7 Å². The summed E-state index contributed by atoms with van der Waals surface area (Å²) in [5, 5.41) is 2.72. The number of likely N-dealkylation sites (N-methyl/N-ethyl adjacent to an activating group) is 1. The first-order valence-electron chi connectivity index (χ1n) is 6.26. The molecule has 0 radical (unpaired) electrons. The average Bonchev–Trinajstić information content (AvgIpc) is 2.71. The number of carbonyl (C=O) groups is 2. The Kier molecular flexibility index (Phi) is 3.38. The van der Waals surface area contributed by atoms with E-state index in [1.807, 2.05) is 4.90 Å². The van der Waals surface area contributed by atoms with Crippen LogP contribution >= 0.6 is 0 Å². The Morgan fingerprint density at radius 3 is 2.35 bits per heavy atom. The molecule has 3 unspecified atom stereocenters. The number of carbonyl (C=O) groups excluding carboxylic acids is 2.